The Morgan fingerprint density at radius 1 is 1.00 bits per heavy atom. The Morgan fingerprint density at radius 2 is 1.85 bits per heavy atom. The minimum absolute atomic E-state index is 0.375. The molecule has 26 heavy (non-hydrogen) atoms. The van der Waals surface area contributed by atoms with E-state index >= 15 is 0 Å². The zero-order valence-electron chi connectivity index (χ0n) is 13.7. The zero-order chi connectivity index (χ0) is 17.8. The van der Waals surface area contributed by atoms with Crippen molar-refractivity contribution < 1.29 is 0 Å². The van der Waals surface area contributed by atoms with E-state index in [1.54, 1.807) is 6.07 Å². The fourth-order valence-electron chi connectivity index (χ4n) is 3.61. The Hall–Kier alpha value is -1.81. The summed E-state index contributed by atoms with van der Waals surface area (Å²) in [6.07, 6.45) is 6.29. The van der Waals surface area contributed by atoms with Crippen molar-refractivity contribution in [2.45, 2.75) is 19.4 Å². The second-order valence-electron chi connectivity index (χ2n) is 6.77. The van der Waals surface area contributed by atoms with Crippen LogP contribution in [0.2, 0.25) is 15.3 Å². The Kier molecular flexibility index (Phi) is 3.85. The van der Waals surface area contributed by atoms with Gasteiger partial charge < -0.3 is 4.57 Å². The first-order valence-corrected chi connectivity index (χ1v) is 9.63. The van der Waals surface area contributed by atoms with Gasteiger partial charge in [0.25, 0.3) is 0 Å². The Balaban J connectivity index is 1.91. The fraction of sp³-hybridized carbons (Fsp3) is 0.200. The molecule has 0 N–H and O–H groups in total. The van der Waals surface area contributed by atoms with Crippen LogP contribution in [0.5, 0.6) is 0 Å². The summed E-state index contributed by atoms with van der Waals surface area (Å²) in [7, 11) is 0. The van der Waals surface area contributed by atoms with E-state index in [0.717, 1.165) is 45.4 Å². The predicted octanol–water partition coefficient (Wildman–Crippen LogP) is 6.62. The highest BCUT2D eigenvalue weighted by Gasteiger charge is 2.25. The van der Waals surface area contributed by atoms with Gasteiger partial charge in [-0.25, -0.2) is 4.98 Å². The van der Waals surface area contributed by atoms with E-state index in [0.29, 0.717) is 15.3 Å². The van der Waals surface area contributed by atoms with Gasteiger partial charge in [0.1, 0.15) is 10.3 Å². The number of benzene rings is 1. The molecule has 3 nitrogen and oxygen atoms in total. The number of rotatable bonds is 3. The van der Waals surface area contributed by atoms with E-state index in [2.05, 4.69) is 14.5 Å². The zero-order valence-corrected chi connectivity index (χ0v) is 16.0. The topological polar surface area (TPSA) is 30.7 Å². The van der Waals surface area contributed by atoms with Crippen LogP contribution in [0, 0.1) is 5.92 Å². The van der Waals surface area contributed by atoms with Crippen molar-refractivity contribution in [2.24, 2.45) is 5.92 Å². The third kappa shape index (κ3) is 2.66. The molecular formula is C20H14Cl3N3. The Labute approximate surface area is 165 Å². The van der Waals surface area contributed by atoms with Crippen LogP contribution >= 0.6 is 34.8 Å². The number of hydrogen-bond acceptors (Lipinski definition) is 2. The molecule has 5 rings (SSSR count). The van der Waals surface area contributed by atoms with E-state index in [1.807, 2.05) is 36.7 Å². The maximum atomic E-state index is 6.47. The van der Waals surface area contributed by atoms with Gasteiger partial charge in [-0.1, -0.05) is 34.8 Å². The van der Waals surface area contributed by atoms with E-state index < -0.39 is 0 Å². The Morgan fingerprint density at radius 3 is 2.62 bits per heavy atom. The minimum Gasteiger partial charge on any atom is -0.338 e. The average Bonchev–Trinajstić information content (AvgIpc) is 3.38. The monoisotopic (exact) mass is 401 g/mol. The second-order valence-corrected chi connectivity index (χ2v) is 7.95. The van der Waals surface area contributed by atoms with Crippen molar-refractivity contribution in [1.29, 1.82) is 0 Å². The molecule has 1 aliphatic carbocycles. The number of hydrogen-bond donors (Lipinski definition) is 0. The molecule has 1 aromatic carbocycles. The van der Waals surface area contributed by atoms with Gasteiger partial charge >= 0.3 is 0 Å². The van der Waals surface area contributed by atoms with Gasteiger partial charge in [-0.05, 0) is 49.1 Å². The summed E-state index contributed by atoms with van der Waals surface area (Å²) in [6.45, 7) is 0.971. The van der Waals surface area contributed by atoms with Crippen molar-refractivity contribution in [1.82, 2.24) is 14.5 Å². The summed E-state index contributed by atoms with van der Waals surface area (Å²) in [5, 5.41) is 3.68. The Bertz CT molecular complexity index is 1160. The average molecular weight is 403 g/mol. The highest BCUT2D eigenvalue weighted by atomic mass is 35.5. The lowest BCUT2D eigenvalue weighted by molar-refractivity contribution is 0.664. The molecule has 3 aromatic heterocycles. The number of pyridine rings is 2. The van der Waals surface area contributed by atoms with Crippen LogP contribution in [0.3, 0.4) is 0 Å². The molecule has 0 bridgehead atoms. The van der Waals surface area contributed by atoms with Crippen molar-refractivity contribution in [3.8, 4) is 11.1 Å². The summed E-state index contributed by atoms with van der Waals surface area (Å²) in [5.41, 5.74) is 4.04. The molecule has 4 aromatic rings. The first kappa shape index (κ1) is 16.4. The first-order valence-electron chi connectivity index (χ1n) is 8.49. The quantitative estimate of drug-likeness (QED) is 0.360. The molecular weight excluding hydrogens is 389 g/mol. The number of halogens is 3. The van der Waals surface area contributed by atoms with Crippen LogP contribution < -0.4 is 0 Å². The van der Waals surface area contributed by atoms with Crippen molar-refractivity contribution in [3.05, 3.63) is 58.1 Å². The highest BCUT2D eigenvalue weighted by Crippen LogP contribution is 2.42. The number of fused-ring (bicyclic) bond motifs is 3. The maximum absolute atomic E-state index is 6.47. The largest absolute Gasteiger partial charge is 0.338 e. The smallest absolute Gasteiger partial charge is 0.138 e. The molecule has 1 saturated carbocycles. The fourth-order valence-corrected chi connectivity index (χ4v) is 4.28. The lowest BCUT2D eigenvalue weighted by Gasteiger charge is -2.12. The van der Waals surface area contributed by atoms with Crippen LogP contribution in [0.25, 0.3) is 32.9 Å². The van der Waals surface area contributed by atoms with E-state index in [9.17, 15) is 0 Å². The second kappa shape index (κ2) is 6.12. The van der Waals surface area contributed by atoms with Gasteiger partial charge in [0.05, 0.1) is 17.2 Å². The standard InChI is InChI=1S/C20H14Cl3N3/c21-12-7-15-13-5-6-24-9-17(13)26(10-11-1-2-11)19(15)16(8-12)14-3-4-18(22)25-20(14)23/h3-9,11H,1-2,10H2. The normalized spacial score (nSPS) is 14.4. The van der Waals surface area contributed by atoms with Gasteiger partial charge in [-0.2, -0.15) is 0 Å². The molecule has 1 aliphatic rings. The summed E-state index contributed by atoms with van der Waals surface area (Å²) in [5.74, 6) is 0.719. The van der Waals surface area contributed by atoms with Crippen LogP contribution in [-0.4, -0.2) is 14.5 Å². The van der Waals surface area contributed by atoms with Gasteiger partial charge in [0.15, 0.2) is 0 Å². The third-order valence-corrected chi connectivity index (χ3v) is 5.69. The van der Waals surface area contributed by atoms with Gasteiger partial charge in [0.2, 0.25) is 0 Å². The lowest BCUT2D eigenvalue weighted by Crippen LogP contribution is -2.01. The SMILES string of the molecule is Clc1cc(-c2ccc(Cl)nc2Cl)c2c(c1)c1ccncc1n2CC1CC1. The molecule has 130 valence electrons. The predicted molar refractivity (Wildman–Crippen MR) is 108 cm³/mol. The van der Waals surface area contributed by atoms with E-state index in [4.69, 9.17) is 34.8 Å². The number of aromatic nitrogens is 3. The molecule has 3 heterocycles. The van der Waals surface area contributed by atoms with Gasteiger partial charge in [-0.3, -0.25) is 4.98 Å². The summed E-state index contributed by atoms with van der Waals surface area (Å²) < 4.78 is 2.35. The minimum atomic E-state index is 0.375. The van der Waals surface area contributed by atoms with Crippen molar-refractivity contribution in [3.63, 3.8) is 0 Å². The maximum Gasteiger partial charge on any atom is 0.138 e. The van der Waals surface area contributed by atoms with Crippen LogP contribution in [0.15, 0.2) is 42.7 Å². The molecule has 6 heteroatoms. The lowest BCUT2D eigenvalue weighted by atomic mass is 10.0. The molecule has 1 fully saturated rings. The molecule has 0 spiro atoms. The highest BCUT2D eigenvalue weighted by molar-refractivity contribution is 6.35. The van der Waals surface area contributed by atoms with Crippen molar-refractivity contribution in [2.75, 3.05) is 0 Å². The summed E-state index contributed by atoms with van der Waals surface area (Å²) >= 11 is 18.9. The molecule has 0 aliphatic heterocycles. The van der Waals surface area contributed by atoms with E-state index in [-0.39, 0.29) is 0 Å². The molecule has 0 atom stereocenters. The van der Waals surface area contributed by atoms with Crippen LogP contribution in [0.1, 0.15) is 12.8 Å². The summed E-state index contributed by atoms with van der Waals surface area (Å²) in [6, 6.07) is 9.67. The molecule has 0 amide bonds. The first-order chi connectivity index (χ1) is 12.6. The van der Waals surface area contributed by atoms with E-state index in [1.165, 1.54) is 12.8 Å². The van der Waals surface area contributed by atoms with Crippen LogP contribution in [-0.2, 0) is 6.54 Å². The van der Waals surface area contributed by atoms with Crippen molar-refractivity contribution >= 4 is 56.6 Å². The van der Waals surface area contributed by atoms with Gasteiger partial charge in [-0.15, -0.1) is 0 Å². The molecule has 0 saturated heterocycles. The molecule has 0 radical (unpaired) electrons. The van der Waals surface area contributed by atoms with Crippen LogP contribution in [0.4, 0.5) is 0 Å². The third-order valence-electron chi connectivity index (χ3n) is 4.97. The number of nitrogens with zero attached hydrogens (tertiary/aromatic N) is 3. The summed E-state index contributed by atoms with van der Waals surface area (Å²) in [4.78, 5) is 8.55. The van der Waals surface area contributed by atoms with Gasteiger partial charge in [0, 0.05) is 39.7 Å². The molecule has 0 unspecified atom stereocenters.